The molecule has 106 valence electrons. The Morgan fingerprint density at radius 2 is 1.79 bits per heavy atom. The summed E-state index contributed by atoms with van der Waals surface area (Å²) in [6.45, 7) is 3.71. The summed E-state index contributed by atoms with van der Waals surface area (Å²) in [7, 11) is -1.45. The molecule has 3 rings (SSSR count). The third-order valence-corrected chi connectivity index (χ3v) is 4.99. The maximum atomic E-state index is 11.9. The second-order valence-corrected chi connectivity index (χ2v) is 6.87. The molecule has 1 fully saturated rings. The molecule has 0 radical (unpaired) electrons. The molecule has 6 heteroatoms. The Labute approximate surface area is 114 Å². The number of likely N-dealkylation sites (N-methyl/N-ethyl adjacent to an activating group) is 1. The van der Waals surface area contributed by atoms with Crippen molar-refractivity contribution in [2.75, 3.05) is 33.2 Å². The lowest BCUT2D eigenvalue weighted by atomic mass is 9.95. The van der Waals surface area contributed by atoms with Crippen LogP contribution < -0.4 is 0 Å². The molecule has 2 aliphatic heterocycles. The average molecular weight is 284 g/mol. The molecule has 1 aliphatic carbocycles. The second-order valence-electron chi connectivity index (χ2n) is 5.48. The lowest BCUT2D eigenvalue weighted by Gasteiger charge is -2.38. The van der Waals surface area contributed by atoms with E-state index in [0.29, 0.717) is 5.76 Å². The van der Waals surface area contributed by atoms with Crippen molar-refractivity contribution in [1.29, 1.82) is 0 Å². The molecule has 0 aromatic heterocycles. The van der Waals surface area contributed by atoms with Gasteiger partial charge in [-0.3, -0.25) is 0 Å². The van der Waals surface area contributed by atoms with E-state index in [0.717, 1.165) is 63.1 Å². The zero-order valence-electron chi connectivity index (χ0n) is 11.3. The van der Waals surface area contributed by atoms with Gasteiger partial charge in [0.2, 0.25) is 0 Å². The minimum atomic E-state index is -3.54. The van der Waals surface area contributed by atoms with E-state index in [4.69, 9.17) is 4.18 Å². The smallest absolute Gasteiger partial charge is 0.334 e. The summed E-state index contributed by atoms with van der Waals surface area (Å²) in [5.41, 5.74) is 2.00. The summed E-state index contributed by atoms with van der Waals surface area (Å²) in [5.74, 6) is 0.683. The second kappa shape index (κ2) is 4.83. The molecule has 0 amide bonds. The van der Waals surface area contributed by atoms with Crippen molar-refractivity contribution in [3.05, 3.63) is 22.4 Å². The van der Waals surface area contributed by atoms with Crippen molar-refractivity contribution in [3.8, 4) is 0 Å². The summed E-state index contributed by atoms with van der Waals surface area (Å²) in [5, 5.41) is 1.32. The van der Waals surface area contributed by atoms with Crippen molar-refractivity contribution in [2.24, 2.45) is 0 Å². The average Bonchev–Trinajstić information content (AvgIpc) is 2.37. The van der Waals surface area contributed by atoms with Gasteiger partial charge in [-0.25, -0.2) is 0 Å². The summed E-state index contributed by atoms with van der Waals surface area (Å²) in [4.78, 5) is 4.46. The highest BCUT2D eigenvalue weighted by atomic mass is 32.2. The third kappa shape index (κ3) is 2.65. The van der Waals surface area contributed by atoms with Crippen LogP contribution in [0.1, 0.15) is 25.7 Å². The Balaban J connectivity index is 1.92. The first kappa shape index (κ1) is 13.0. The zero-order chi connectivity index (χ0) is 13.5. The predicted molar refractivity (Wildman–Crippen MR) is 72.7 cm³/mol. The van der Waals surface area contributed by atoms with E-state index in [1.807, 2.05) is 0 Å². The number of hydrogen-bond donors (Lipinski definition) is 0. The number of nitrogens with zero attached hydrogens (tertiary/aromatic N) is 2. The van der Waals surface area contributed by atoms with E-state index in [9.17, 15) is 8.42 Å². The van der Waals surface area contributed by atoms with Gasteiger partial charge in [0.25, 0.3) is 0 Å². The van der Waals surface area contributed by atoms with E-state index in [-0.39, 0.29) is 0 Å². The van der Waals surface area contributed by atoms with Gasteiger partial charge in [-0.1, -0.05) is 0 Å². The van der Waals surface area contributed by atoms with Gasteiger partial charge in [-0.05, 0) is 26.3 Å². The van der Waals surface area contributed by atoms with Crippen LogP contribution in [0.15, 0.2) is 22.4 Å². The van der Waals surface area contributed by atoms with Gasteiger partial charge < -0.3 is 14.0 Å². The molecule has 5 nitrogen and oxygen atoms in total. The van der Waals surface area contributed by atoms with E-state index in [1.165, 1.54) is 5.41 Å². The van der Waals surface area contributed by atoms with Gasteiger partial charge in [-0.2, -0.15) is 8.42 Å². The molecular formula is C13H20N2O3S. The Morgan fingerprint density at radius 1 is 1.11 bits per heavy atom. The fraction of sp³-hybridized carbons (Fsp3) is 0.692. The van der Waals surface area contributed by atoms with Crippen LogP contribution in [-0.2, 0) is 14.3 Å². The van der Waals surface area contributed by atoms with Crippen LogP contribution in [0, 0.1) is 0 Å². The molecular weight excluding hydrogens is 264 g/mol. The molecule has 2 heterocycles. The lowest BCUT2D eigenvalue weighted by molar-refractivity contribution is 0.185. The summed E-state index contributed by atoms with van der Waals surface area (Å²) >= 11 is 0. The van der Waals surface area contributed by atoms with Crippen molar-refractivity contribution >= 4 is 10.1 Å². The largest absolute Gasteiger partial charge is 0.383 e. The van der Waals surface area contributed by atoms with E-state index < -0.39 is 10.1 Å². The van der Waals surface area contributed by atoms with Gasteiger partial charge in [0.15, 0.2) is 0 Å². The maximum Gasteiger partial charge on any atom is 0.334 e. The summed E-state index contributed by atoms with van der Waals surface area (Å²) in [6, 6.07) is 0. The minimum Gasteiger partial charge on any atom is -0.383 e. The molecule has 0 bridgehead atoms. The maximum absolute atomic E-state index is 11.9. The molecule has 1 saturated heterocycles. The molecule has 0 aromatic carbocycles. The molecule has 0 aromatic rings. The Kier molecular flexibility index (Phi) is 3.30. The van der Waals surface area contributed by atoms with E-state index >= 15 is 0 Å². The molecule has 19 heavy (non-hydrogen) atoms. The van der Waals surface area contributed by atoms with Crippen molar-refractivity contribution in [2.45, 2.75) is 25.7 Å². The first-order chi connectivity index (χ1) is 9.05. The first-order valence-electron chi connectivity index (χ1n) is 6.87. The fourth-order valence-corrected chi connectivity index (χ4v) is 4.00. The van der Waals surface area contributed by atoms with Crippen LogP contribution >= 0.6 is 0 Å². The quantitative estimate of drug-likeness (QED) is 0.679. The Hall–Kier alpha value is -1.01. The van der Waals surface area contributed by atoms with Crippen LogP contribution in [0.3, 0.4) is 0 Å². The van der Waals surface area contributed by atoms with Crippen molar-refractivity contribution < 1.29 is 12.6 Å². The SMILES string of the molecule is CN1CCN(C2=CS(=O)(=O)OC3=C2CCCC3)CC1. The standard InChI is InChI=1S/C13H20N2O3S/c1-14-6-8-15(9-7-14)12-10-19(16,17)18-13-5-3-2-4-11(12)13/h10H,2-9H2,1H3. The monoisotopic (exact) mass is 284 g/mol. The van der Waals surface area contributed by atoms with Gasteiger partial charge in [0, 0.05) is 38.2 Å². The van der Waals surface area contributed by atoms with Gasteiger partial charge >= 0.3 is 10.1 Å². The topological polar surface area (TPSA) is 49.9 Å². The number of hydrogen-bond acceptors (Lipinski definition) is 5. The lowest BCUT2D eigenvalue weighted by Crippen LogP contribution is -2.44. The van der Waals surface area contributed by atoms with Gasteiger partial charge in [0.05, 0.1) is 11.1 Å². The highest BCUT2D eigenvalue weighted by Crippen LogP contribution is 2.37. The zero-order valence-corrected chi connectivity index (χ0v) is 12.1. The summed E-state index contributed by atoms with van der Waals surface area (Å²) in [6.07, 6.45) is 3.82. The van der Waals surface area contributed by atoms with Crippen LogP contribution in [-0.4, -0.2) is 51.4 Å². The number of allylic oxidation sites excluding steroid dienone is 2. The van der Waals surface area contributed by atoms with Crippen LogP contribution in [0.25, 0.3) is 0 Å². The van der Waals surface area contributed by atoms with Crippen LogP contribution in [0.4, 0.5) is 0 Å². The fourth-order valence-electron chi connectivity index (χ4n) is 2.93. The van der Waals surface area contributed by atoms with Crippen LogP contribution in [0.2, 0.25) is 0 Å². The van der Waals surface area contributed by atoms with E-state index in [1.54, 1.807) is 0 Å². The Morgan fingerprint density at radius 3 is 2.53 bits per heavy atom. The summed E-state index contributed by atoms with van der Waals surface area (Å²) < 4.78 is 28.9. The molecule has 0 N–H and O–H groups in total. The van der Waals surface area contributed by atoms with Crippen molar-refractivity contribution in [1.82, 2.24) is 9.80 Å². The van der Waals surface area contributed by atoms with Gasteiger partial charge in [-0.15, -0.1) is 0 Å². The highest BCUT2D eigenvalue weighted by molar-refractivity contribution is 7.89. The highest BCUT2D eigenvalue weighted by Gasteiger charge is 2.31. The van der Waals surface area contributed by atoms with E-state index in [2.05, 4.69) is 16.8 Å². The molecule has 0 saturated carbocycles. The first-order valence-corrected chi connectivity index (χ1v) is 8.34. The minimum absolute atomic E-state index is 0.683. The molecule has 0 spiro atoms. The molecule has 3 aliphatic rings. The Bertz CT molecular complexity index is 528. The molecule has 0 atom stereocenters. The van der Waals surface area contributed by atoms with Crippen LogP contribution in [0.5, 0.6) is 0 Å². The third-order valence-electron chi connectivity index (χ3n) is 4.04. The number of rotatable bonds is 1. The van der Waals surface area contributed by atoms with Gasteiger partial charge in [0.1, 0.15) is 5.76 Å². The normalized spacial score (nSPS) is 27.6. The molecule has 0 unspecified atom stereocenters. The number of piperazine rings is 1. The predicted octanol–water partition coefficient (Wildman–Crippen LogP) is 1.26. The van der Waals surface area contributed by atoms with Crippen molar-refractivity contribution in [3.63, 3.8) is 0 Å².